The Balaban J connectivity index is 1.98. The summed E-state index contributed by atoms with van der Waals surface area (Å²) in [5, 5.41) is 5.65. The Morgan fingerprint density at radius 2 is 2.12 bits per heavy atom. The van der Waals surface area contributed by atoms with Crippen LogP contribution in [0.2, 0.25) is 0 Å². The molecular formula is C18H27N3O3. The minimum atomic E-state index is -0.436. The average molecular weight is 333 g/mol. The van der Waals surface area contributed by atoms with E-state index in [9.17, 15) is 9.59 Å². The third-order valence-electron chi connectivity index (χ3n) is 4.14. The minimum absolute atomic E-state index is 0.0956. The van der Waals surface area contributed by atoms with E-state index in [1.54, 1.807) is 12.0 Å². The molecule has 1 aromatic rings. The first-order chi connectivity index (χ1) is 11.6. The summed E-state index contributed by atoms with van der Waals surface area (Å²) < 4.78 is 5.08. The smallest absolute Gasteiger partial charge is 0.318 e. The topological polar surface area (TPSA) is 70.7 Å². The van der Waals surface area contributed by atoms with Gasteiger partial charge in [0.1, 0.15) is 6.04 Å². The summed E-state index contributed by atoms with van der Waals surface area (Å²) >= 11 is 0. The third-order valence-corrected chi connectivity index (χ3v) is 4.14. The van der Waals surface area contributed by atoms with Crippen molar-refractivity contribution in [2.45, 2.75) is 38.8 Å². The molecule has 0 spiro atoms. The second-order valence-corrected chi connectivity index (χ2v) is 6.19. The Kier molecular flexibility index (Phi) is 7.06. The van der Waals surface area contributed by atoms with E-state index in [1.165, 1.54) is 5.56 Å². The number of aryl methyl sites for hydroxylation is 1. The lowest BCUT2D eigenvalue weighted by molar-refractivity contribution is -0.124. The van der Waals surface area contributed by atoms with Crippen molar-refractivity contribution < 1.29 is 14.3 Å². The molecule has 1 aliphatic heterocycles. The fourth-order valence-electron chi connectivity index (χ4n) is 2.72. The largest absolute Gasteiger partial charge is 0.385 e. The van der Waals surface area contributed by atoms with Crippen LogP contribution in [0.3, 0.4) is 0 Å². The van der Waals surface area contributed by atoms with Gasteiger partial charge < -0.3 is 20.3 Å². The molecule has 1 unspecified atom stereocenters. The molecule has 6 heteroatoms. The molecule has 0 aromatic heterocycles. The molecule has 132 valence electrons. The number of benzene rings is 1. The number of amides is 3. The number of methoxy groups -OCH3 is 1. The maximum Gasteiger partial charge on any atom is 0.318 e. The number of ether oxygens (including phenoxy) is 1. The summed E-state index contributed by atoms with van der Waals surface area (Å²) in [4.78, 5) is 26.2. The molecule has 1 atom stereocenters. The van der Waals surface area contributed by atoms with E-state index in [0.717, 1.165) is 18.4 Å². The lowest BCUT2D eigenvalue weighted by atomic mass is 10.1. The van der Waals surface area contributed by atoms with Gasteiger partial charge in [0.15, 0.2) is 0 Å². The van der Waals surface area contributed by atoms with Crippen LogP contribution in [-0.4, -0.2) is 49.7 Å². The van der Waals surface area contributed by atoms with Gasteiger partial charge in [0.2, 0.25) is 5.91 Å². The number of carbonyl (C=O) groups excluding carboxylic acids is 2. The molecule has 2 rings (SSSR count). The van der Waals surface area contributed by atoms with Crippen molar-refractivity contribution in [3.05, 3.63) is 35.4 Å². The van der Waals surface area contributed by atoms with Gasteiger partial charge in [0.25, 0.3) is 0 Å². The number of carbonyl (C=O) groups is 2. The molecule has 1 aliphatic rings. The van der Waals surface area contributed by atoms with Crippen molar-refractivity contribution in [2.75, 3.05) is 26.8 Å². The number of urea groups is 1. The minimum Gasteiger partial charge on any atom is -0.385 e. The second kappa shape index (κ2) is 9.27. The Labute approximate surface area is 143 Å². The van der Waals surface area contributed by atoms with Crippen molar-refractivity contribution in [2.24, 2.45) is 0 Å². The first-order valence-electron chi connectivity index (χ1n) is 8.48. The third kappa shape index (κ3) is 5.53. The average Bonchev–Trinajstić information content (AvgIpc) is 2.58. The van der Waals surface area contributed by atoms with Crippen molar-refractivity contribution in [3.8, 4) is 0 Å². The maximum absolute atomic E-state index is 12.6. The van der Waals surface area contributed by atoms with Crippen LogP contribution < -0.4 is 10.6 Å². The van der Waals surface area contributed by atoms with Gasteiger partial charge in [-0.05, 0) is 31.7 Å². The van der Waals surface area contributed by atoms with Gasteiger partial charge in [-0.2, -0.15) is 0 Å². The van der Waals surface area contributed by atoms with Gasteiger partial charge in [0.05, 0.1) is 0 Å². The van der Waals surface area contributed by atoms with Gasteiger partial charge in [-0.25, -0.2) is 4.79 Å². The SMILES string of the molecule is COCCCN(Cc1ccc(C)cc1)C(=O)NC1CCCNC1=O. The van der Waals surface area contributed by atoms with Crippen LogP contribution in [-0.2, 0) is 16.1 Å². The first kappa shape index (κ1) is 18.3. The molecule has 1 aromatic carbocycles. The maximum atomic E-state index is 12.6. The summed E-state index contributed by atoms with van der Waals surface area (Å²) in [5.41, 5.74) is 2.26. The molecule has 24 heavy (non-hydrogen) atoms. The van der Waals surface area contributed by atoms with Crippen LogP contribution in [0.4, 0.5) is 4.79 Å². The molecule has 0 radical (unpaired) electrons. The summed E-state index contributed by atoms with van der Waals surface area (Å²) in [6.45, 7) is 4.42. The van der Waals surface area contributed by atoms with Crippen LogP contribution >= 0.6 is 0 Å². The summed E-state index contributed by atoms with van der Waals surface area (Å²) in [7, 11) is 1.65. The van der Waals surface area contributed by atoms with Crippen LogP contribution in [0.5, 0.6) is 0 Å². The Morgan fingerprint density at radius 1 is 1.38 bits per heavy atom. The Bertz CT molecular complexity index is 545. The standard InChI is InChI=1S/C18H27N3O3/c1-14-6-8-15(9-7-14)13-21(11-4-12-24-2)18(23)20-16-5-3-10-19-17(16)22/h6-9,16H,3-5,10-13H2,1-2H3,(H,19,22)(H,20,23). The highest BCUT2D eigenvalue weighted by Crippen LogP contribution is 2.10. The second-order valence-electron chi connectivity index (χ2n) is 6.19. The highest BCUT2D eigenvalue weighted by Gasteiger charge is 2.25. The van der Waals surface area contributed by atoms with Gasteiger partial charge >= 0.3 is 6.03 Å². The molecular weight excluding hydrogens is 306 g/mol. The van der Waals surface area contributed by atoms with Crippen LogP contribution in [0.25, 0.3) is 0 Å². The summed E-state index contributed by atoms with van der Waals surface area (Å²) in [6.07, 6.45) is 2.33. The quantitative estimate of drug-likeness (QED) is 0.748. The van der Waals surface area contributed by atoms with Crippen LogP contribution in [0, 0.1) is 6.92 Å². The lowest BCUT2D eigenvalue weighted by Gasteiger charge is -2.28. The van der Waals surface area contributed by atoms with Crippen LogP contribution in [0.1, 0.15) is 30.4 Å². The van der Waals surface area contributed by atoms with Gasteiger partial charge in [-0.15, -0.1) is 0 Å². The first-order valence-corrected chi connectivity index (χ1v) is 8.48. The number of hydrogen-bond acceptors (Lipinski definition) is 3. The molecule has 0 bridgehead atoms. The molecule has 1 saturated heterocycles. The van der Waals surface area contributed by atoms with E-state index < -0.39 is 6.04 Å². The molecule has 1 fully saturated rings. The monoisotopic (exact) mass is 333 g/mol. The molecule has 1 heterocycles. The summed E-state index contributed by atoms with van der Waals surface area (Å²) in [5.74, 6) is -0.0956. The highest BCUT2D eigenvalue weighted by atomic mass is 16.5. The van der Waals surface area contributed by atoms with E-state index >= 15 is 0 Å². The van der Waals surface area contributed by atoms with Gasteiger partial charge in [0, 0.05) is 33.4 Å². The van der Waals surface area contributed by atoms with Gasteiger partial charge in [-0.1, -0.05) is 29.8 Å². The highest BCUT2D eigenvalue weighted by molar-refractivity contribution is 5.87. The normalized spacial score (nSPS) is 17.2. The molecule has 0 saturated carbocycles. The fraction of sp³-hybridized carbons (Fsp3) is 0.556. The lowest BCUT2D eigenvalue weighted by Crippen LogP contribution is -2.53. The molecule has 2 N–H and O–H groups in total. The number of piperidine rings is 1. The van der Waals surface area contributed by atoms with Crippen molar-refractivity contribution in [1.82, 2.24) is 15.5 Å². The Morgan fingerprint density at radius 3 is 2.79 bits per heavy atom. The van der Waals surface area contributed by atoms with E-state index in [0.29, 0.717) is 32.7 Å². The predicted molar refractivity (Wildman–Crippen MR) is 92.6 cm³/mol. The van der Waals surface area contributed by atoms with Crippen molar-refractivity contribution in [1.29, 1.82) is 0 Å². The van der Waals surface area contributed by atoms with Gasteiger partial charge in [-0.3, -0.25) is 4.79 Å². The van der Waals surface area contributed by atoms with Crippen LogP contribution in [0.15, 0.2) is 24.3 Å². The van der Waals surface area contributed by atoms with E-state index in [1.807, 2.05) is 31.2 Å². The number of rotatable bonds is 7. The van der Waals surface area contributed by atoms with E-state index in [4.69, 9.17) is 4.74 Å². The van der Waals surface area contributed by atoms with E-state index in [2.05, 4.69) is 10.6 Å². The fourth-order valence-corrected chi connectivity index (χ4v) is 2.72. The van der Waals surface area contributed by atoms with E-state index in [-0.39, 0.29) is 11.9 Å². The predicted octanol–water partition coefficient (Wildman–Crippen LogP) is 1.82. The Hall–Kier alpha value is -2.08. The summed E-state index contributed by atoms with van der Waals surface area (Å²) in [6, 6.07) is 7.49. The molecule has 0 aliphatic carbocycles. The van der Waals surface area contributed by atoms with Crippen molar-refractivity contribution >= 4 is 11.9 Å². The molecule has 3 amide bonds. The number of hydrogen-bond donors (Lipinski definition) is 2. The number of nitrogens with zero attached hydrogens (tertiary/aromatic N) is 1. The zero-order valence-electron chi connectivity index (χ0n) is 14.5. The van der Waals surface area contributed by atoms with Crippen molar-refractivity contribution in [3.63, 3.8) is 0 Å². The zero-order valence-corrected chi connectivity index (χ0v) is 14.5. The zero-order chi connectivity index (χ0) is 17.4. The molecule has 6 nitrogen and oxygen atoms in total. The number of nitrogens with one attached hydrogen (secondary N) is 2.